The maximum absolute atomic E-state index is 2.79. The molecule has 0 bridgehead atoms. The zero-order chi connectivity index (χ0) is 40.5. The van der Waals surface area contributed by atoms with Crippen LogP contribution in [-0.4, -0.2) is 10.6 Å². The van der Waals surface area contributed by atoms with Crippen LogP contribution in [0.3, 0.4) is 0 Å². The molecule has 6 aliphatic rings. The van der Waals surface area contributed by atoms with Gasteiger partial charge in [0.25, 0.3) is 0 Å². The number of hydrogen-bond donors (Lipinski definition) is 0. The third-order valence-corrected chi connectivity index (χ3v) is 16.2. The number of fused-ring (bicyclic) bond motifs is 16. The van der Waals surface area contributed by atoms with Crippen molar-refractivity contribution >= 4 is 67.0 Å². The van der Waals surface area contributed by atoms with Gasteiger partial charge < -0.3 is 9.47 Å². The molecule has 5 aliphatic carbocycles. The van der Waals surface area contributed by atoms with Gasteiger partial charge in [-0.2, -0.15) is 0 Å². The standard InChI is InChI=1S/C59H44N2S/c1-2-15-37(16-3-1)38-31-33-39(34-32-38)60(53-28-14-30-55-57(53)45-19-6-11-29-54(45)62-55)50-27-13-20-42-41(50)35-36-48-56(42)44-18-4-7-22-46(44)59(48)47-23-8-10-26-52(47)61-51-25-9-5-17-40(51)43-21-12-24-49(59)58(43)61/h1-4,6-13,15-16,18-27,29-33,39H,5,14,17,28,34-36H2. The highest BCUT2D eigenvalue weighted by atomic mass is 32.1. The summed E-state index contributed by atoms with van der Waals surface area (Å²) < 4.78 is 5.41. The summed E-state index contributed by atoms with van der Waals surface area (Å²) >= 11 is 1.96. The van der Waals surface area contributed by atoms with Gasteiger partial charge in [-0.1, -0.05) is 152 Å². The molecular formula is C59H44N2S. The van der Waals surface area contributed by atoms with Gasteiger partial charge in [-0.05, 0) is 130 Å². The second kappa shape index (κ2) is 13.2. The molecule has 2 unspecified atom stereocenters. The Morgan fingerprint density at radius 2 is 1.40 bits per heavy atom. The van der Waals surface area contributed by atoms with E-state index >= 15 is 0 Å². The zero-order valence-corrected chi connectivity index (χ0v) is 35.4. The van der Waals surface area contributed by atoms with Crippen LogP contribution in [0.5, 0.6) is 0 Å². The first-order chi connectivity index (χ1) is 30.8. The van der Waals surface area contributed by atoms with Gasteiger partial charge in [0, 0.05) is 42.3 Å². The van der Waals surface area contributed by atoms with Crippen LogP contribution in [0.25, 0.3) is 55.7 Å². The number of rotatable bonds is 4. The maximum atomic E-state index is 2.79. The summed E-state index contributed by atoms with van der Waals surface area (Å²) in [6.45, 7) is 0. The zero-order valence-electron chi connectivity index (χ0n) is 34.6. The second-order valence-electron chi connectivity index (χ2n) is 17.9. The van der Waals surface area contributed by atoms with Gasteiger partial charge in [-0.3, -0.25) is 0 Å². The first kappa shape index (κ1) is 35.0. The summed E-state index contributed by atoms with van der Waals surface area (Å²) in [4.78, 5) is 2.79. The lowest BCUT2D eigenvalue weighted by atomic mass is 9.63. The van der Waals surface area contributed by atoms with E-state index in [2.05, 4.69) is 185 Å². The molecule has 3 heteroatoms. The van der Waals surface area contributed by atoms with Crippen molar-refractivity contribution in [3.05, 3.63) is 229 Å². The molecule has 0 amide bonds. The highest BCUT2D eigenvalue weighted by Gasteiger charge is 2.53. The average molecular weight is 813 g/mol. The molecule has 0 fully saturated rings. The molecule has 0 saturated carbocycles. The number of para-hydroxylation sites is 2. The number of aromatic nitrogens is 1. The minimum atomic E-state index is -0.376. The second-order valence-corrected chi connectivity index (χ2v) is 19.0. The van der Waals surface area contributed by atoms with E-state index in [1.807, 2.05) is 11.3 Å². The Hall–Kier alpha value is -6.68. The van der Waals surface area contributed by atoms with Crippen LogP contribution in [0, 0.1) is 0 Å². The van der Waals surface area contributed by atoms with Crippen LogP contribution in [0.2, 0.25) is 0 Å². The van der Waals surface area contributed by atoms with E-state index < -0.39 is 0 Å². The van der Waals surface area contributed by atoms with Crippen LogP contribution in [0.1, 0.15) is 82.3 Å². The molecule has 296 valence electrons. The smallest absolute Gasteiger partial charge is 0.0717 e. The monoisotopic (exact) mass is 812 g/mol. The largest absolute Gasteiger partial charge is 0.337 e. The summed E-state index contributed by atoms with van der Waals surface area (Å²) in [5.41, 5.74) is 22.2. The highest BCUT2D eigenvalue weighted by molar-refractivity contribution is 7.17. The predicted octanol–water partition coefficient (Wildman–Crippen LogP) is 12.8. The first-order valence-electron chi connectivity index (χ1n) is 22.6. The minimum absolute atomic E-state index is 0.196. The minimum Gasteiger partial charge on any atom is -0.337 e. The molecule has 2 aromatic heterocycles. The predicted molar refractivity (Wildman–Crippen MR) is 260 cm³/mol. The molecule has 14 rings (SSSR count). The third kappa shape index (κ3) is 4.59. The summed E-state index contributed by atoms with van der Waals surface area (Å²) in [7, 11) is 0. The SMILES string of the molecule is C1=Cc2c(c3cccc4c3n2-c2ccccc2C42C3=C(c4ccccc42)c2cccc(N(C4=c5c(sc6ccccc56)=CCC4)C4C=CC(c5ccccc5)=CC4)c2CC3)CC1. The Bertz CT molecular complexity index is 3510. The van der Waals surface area contributed by atoms with Crippen LogP contribution in [0.4, 0.5) is 5.69 Å². The number of anilines is 1. The van der Waals surface area contributed by atoms with Crippen molar-refractivity contribution in [2.75, 3.05) is 4.90 Å². The third-order valence-electron chi connectivity index (χ3n) is 15.0. The van der Waals surface area contributed by atoms with Crippen molar-refractivity contribution < 1.29 is 0 Å². The van der Waals surface area contributed by atoms with Crippen molar-refractivity contribution in [1.29, 1.82) is 0 Å². The molecular weight excluding hydrogens is 769 g/mol. The molecule has 8 aromatic rings. The Morgan fingerprint density at radius 3 is 2.32 bits per heavy atom. The molecule has 3 heterocycles. The van der Waals surface area contributed by atoms with Gasteiger partial charge in [0.15, 0.2) is 0 Å². The molecule has 1 aliphatic heterocycles. The van der Waals surface area contributed by atoms with E-state index in [1.54, 1.807) is 5.57 Å². The average Bonchev–Trinajstić information content (AvgIpc) is 3.99. The molecule has 1 spiro atoms. The summed E-state index contributed by atoms with van der Waals surface area (Å²) in [5, 5.41) is 4.25. The van der Waals surface area contributed by atoms with E-state index in [1.165, 1.54) is 109 Å². The number of aryl methyl sites for hydroxylation is 1. The maximum Gasteiger partial charge on any atom is 0.0717 e. The lowest BCUT2D eigenvalue weighted by molar-refractivity contribution is 0.675. The summed E-state index contributed by atoms with van der Waals surface area (Å²) in [5.74, 6) is 0. The molecule has 0 N–H and O–H groups in total. The quantitative estimate of drug-likeness (QED) is 0.172. The van der Waals surface area contributed by atoms with E-state index in [0.717, 1.165) is 44.9 Å². The van der Waals surface area contributed by atoms with Gasteiger partial charge in [-0.15, -0.1) is 11.3 Å². The Morgan fingerprint density at radius 1 is 0.613 bits per heavy atom. The van der Waals surface area contributed by atoms with Crippen molar-refractivity contribution in [2.45, 2.75) is 56.4 Å². The van der Waals surface area contributed by atoms with Crippen LogP contribution >= 0.6 is 11.3 Å². The van der Waals surface area contributed by atoms with Crippen molar-refractivity contribution in [1.82, 2.24) is 4.57 Å². The molecule has 2 nitrogen and oxygen atoms in total. The lowest BCUT2D eigenvalue weighted by Gasteiger charge is -2.42. The fourth-order valence-corrected chi connectivity index (χ4v) is 13.9. The number of nitrogens with zero attached hydrogens (tertiary/aromatic N) is 2. The van der Waals surface area contributed by atoms with Crippen LogP contribution in [0.15, 0.2) is 169 Å². The fourth-order valence-electron chi connectivity index (χ4n) is 12.7. The Labute approximate surface area is 366 Å². The summed E-state index contributed by atoms with van der Waals surface area (Å²) in [6.07, 6.45) is 21.8. The van der Waals surface area contributed by atoms with Crippen molar-refractivity contribution in [2.24, 2.45) is 0 Å². The molecule has 0 radical (unpaired) electrons. The fraction of sp³-hybridized carbons (Fsp3) is 0.153. The molecule has 2 atom stereocenters. The van der Waals surface area contributed by atoms with Crippen LogP contribution < -0.4 is 14.7 Å². The van der Waals surface area contributed by atoms with Crippen molar-refractivity contribution in [3.63, 3.8) is 0 Å². The van der Waals surface area contributed by atoms with E-state index in [9.17, 15) is 0 Å². The van der Waals surface area contributed by atoms with Gasteiger partial charge in [-0.25, -0.2) is 0 Å². The lowest BCUT2D eigenvalue weighted by Crippen LogP contribution is -2.41. The molecule has 62 heavy (non-hydrogen) atoms. The molecule has 0 saturated heterocycles. The normalized spacial score (nSPS) is 20.0. The van der Waals surface area contributed by atoms with Crippen molar-refractivity contribution in [3.8, 4) is 5.69 Å². The number of benzene rings is 6. The highest BCUT2D eigenvalue weighted by Crippen LogP contribution is 2.63. The van der Waals surface area contributed by atoms with Gasteiger partial charge >= 0.3 is 0 Å². The van der Waals surface area contributed by atoms with E-state index in [-0.39, 0.29) is 11.5 Å². The Kier molecular flexibility index (Phi) is 7.42. The molecule has 6 aromatic carbocycles. The van der Waals surface area contributed by atoms with Gasteiger partial charge in [0.2, 0.25) is 0 Å². The van der Waals surface area contributed by atoms with Gasteiger partial charge in [0.05, 0.1) is 22.7 Å². The topological polar surface area (TPSA) is 8.17 Å². The van der Waals surface area contributed by atoms with Gasteiger partial charge in [0.1, 0.15) is 0 Å². The number of thiophene rings is 1. The first-order valence-corrected chi connectivity index (χ1v) is 23.4. The number of hydrogen-bond acceptors (Lipinski definition) is 2. The van der Waals surface area contributed by atoms with E-state index in [0.29, 0.717) is 0 Å². The summed E-state index contributed by atoms with van der Waals surface area (Å²) in [6, 6.07) is 53.5. The van der Waals surface area contributed by atoms with E-state index in [4.69, 9.17) is 0 Å². The number of allylic oxidation sites excluding steroid dienone is 4. The Balaban J connectivity index is 1.02. The van der Waals surface area contributed by atoms with Crippen LogP contribution in [-0.2, 0) is 18.3 Å².